The summed E-state index contributed by atoms with van der Waals surface area (Å²) in [6.45, 7) is 7.13. The van der Waals surface area contributed by atoms with Crippen molar-refractivity contribution in [1.29, 1.82) is 0 Å². The molecule has 0 saturated heterocycles. The van der Waals surface area contributed by atoms with Gasteiger partial charge in [0.25, 0.3) is 5.91 Å². The third-order valence-corrected chi connectivity index (χ3v) is 4.47. The second-order valence-electron chi connectivity index (χ2n) is 6.19. The van der Waals surface area contributed by atoms with Gasteiger partial charge in [-0.1, -0.05) is 6.92 Å². The van der Waals surface area contributed by atoms with Crippen LogP contribution < -0.4 is 14.8 Å². The van der Waals surface area contributed by atoms with Crippen LogP contribution in [-0.4, -0.2) is 30.9 Å². The Bertz CT molecular complexity index is 823. The van der Waals surface area contributed by atoms with Crippen molar-refractivity contribution in [2.45, 2.75) is 40.2 Å². The minimum Gasteiger partial charge on any atom is -0.497 e. The molecule has 1 heterocycles. The summed E-state index contributed by atoms with van der Waals surface area (Å²) >= 11 is 0. The van der Waals surface area contributed by atoms with E-state index in [4.69, 9.17) is 9.47 Å². The Morgan fingerprint density at radius 1 is 1.23 bits per heavy atom. The molecule has 0 aliphatic rings. The maximum Gasteiger partial charge on any atom is 0.268 e. The summed E-state index contributed by atoms with van der Waals surface area (Å²) < 4.78 is 10.7. The number of ether oxygens (including phenoxy) is 2. The summed E-state index contributed by atoms with van der Waals surface area (Å²) in [5.74, 6) is 1.05. The van der Waals surface area contributed by atoms with E-state index < -0.39 is 0 Å². The number of carbonyl (C=O) groups is 2. The minimum atomic E-state index is -0.304. The van der Waals surface area contributed by atoms with E-state index in [-0.39, 0.29) is 17.7 Å². The van der Waals surface area contributed by atoms with E-state index in [0.29, 0.717) is 34.9 Å². The summed E-state index contributed by atoms with van der Waals surface area (Å²) in [6.07, 6.45) is 0.596. The zero-order valence-corrected chi connectivity index (χ0v) is 16.1. The number of Topliss-reactive ketones (excluding diaryl/α,β-unsaturated/α-hetero) is 1. The first kappa shape index (κ1) is 19.6. The number of hydrogen-bond donors (Lipinski definition) is 2. The van der Waals surface area contributed by atoms with E-state index in [0.717, 1.165) is 11.1 Å². The first-order valence-electron chi connectivity index (χ1n) is 8.59. The molecule has 0 radical (unpaired) electrons. The molecule has 1 unspecified atom stereocenters. The second-order valence-corrected chi connectivity index (χ2v) is 6.19. The highest BCUT2D eigenvalue weighted by molar-refractivity contribution is 6.02. The van der Waals surface area contributed by atoms with Gasteiger partial charge in [0.05, 0.1) is 20.3 Å². The van der Waals surface area contributed by atoms with Gasteiger partial charge >= 0.3 is 0 Å². The number of H-pyrrole nitrogens is 1. The van der Waals surface area contributed by atoms with Gasteiger partial charge < -0.3 is 19.8 Å². The number of rotatable bonds is 7. The van der Waals surface area contributed by atoms with Gasteiger partial charge in [-0.3, -0.25) is 9.59 Å². The highest BCUT2D eigenvalue weighted by Gasteiger charge is 2.23. The van der Waals surface area contributed by atoms with Crippen LogP contribution in [0.5, 0.6) is 11.5 Å². The second kappa shape index (κ2) is 8.08. The van der Waals surface area contributed by atoms with E-state index in [9.17, 15) is 9.59 Å². The summed E-state index contributed by atoms with van der Waals surface area (Å²) in [5, 5.41) is 2.98. The summed E-state index contributed by atoms with van der Waals surface area (Å²) in [4.78, 5) is 27.8. The Morgan fingerprint density at radius 2 is 1.92 bits per heavy atom. The SMILES string of the molecule is CCc1c(C(=O)NC(C)c2cc(OC)ccc2OC)[nH]c(C)c1C(C)=O. The molecule has 2 aromatic rings. The van der Waals surface area contributed by atoms with Crippen molar-refractivity contribution in [3.8, 4) is 11.5 Å². The number of methoxy groups -OCH3 is 2. The standard InChI is InChI=1S/C20H26N2O4/c1-7-15-18(13(4)23)12(3)21-19(15)20(24)22-11(2)16-10-14(25-5)8-9-17(16)26-6/h8-11,21H,7H2,1-6H3,(H,22,24). The number of aromatic nitrogens is 1. The van der Waals surface area contributed by atoms with Crippen molar-refractivity contribution < 1.29 is 19.1 Å². The van der Waals surface area contributed by atoms with Crippen LogP contribution in [0, 0.1) is 6.92 Å². The van der Waals surface area contributed by atoms with Gasteiger partial charge in [0.1, 0.15) is 17.2 Å². The molecule has 0 spiro atoms. The topological polar surface area (TPSA) is 80.4 Å². The molecule has 1 aromatic carbocycles. The van der Waals surface area contributed by atoms with Gasteiger partial charge in [-0.15, -0.1) is 0 Å². The van der Waals surface area contributed by atoms with E-state index in [1.165, 1.54) is 6.92 Å². The van der Waals surface area contributed by atoms with Gasteiger partial charge in [0, 0.05) is 16.8 Å². The van der Waals surface area contributed by atoms with Crippen molar-refractivity contribution in [2.24, 2.45) is 0 Å². The number of hydrogen-bond acceptors (Lipinski definition) is 4. The average Bonchev–Trinajstić information content (AvgIpc) is 2.97. The third-order valence-electron chi connectivity index (χ3n) is 4.47. The van der Waals surface area contributed by atoms with Crippen LogP contribution in [-0.2, 0) is 6.42 Å². The van der Waals surface area contributed by atoms with Crippen LogP contribution in [0.15, 0.2) is 18.2 Å². The molecule has 0 fully saturated rings. The molecule has 6 heteroatoms. The van der Waals surface area contributed by atoms with Crippen LogP contribution in [0.1, 0.15) is 64.5 Å². The van der Waals surface area contributed by atoms with Gasteiger partial charge in [-0.2, -0.15) is 0 Å². The first-order chi connectivity index (χ1) is 12.3. The fraction of sp³-hybridized carbons (Fsp3) is 0.400. The fourth-order valence-corrected chi connectivity index (χ4v) is 3.23. The van der Waals surface area contributed by atoms with Gasteiger partial charge in [0.15, 0.2) is 5.78 Å². The predicted molar refractivity (Wildman–Crippen MR) is 100 cm³/mol. The molecule has 1 amide bonds. The molecule has 0 saturated carbocycles. The zero-order chi connectivity index (χ0) is 19.4. The molecule has 6 nitrogen and oxygen atoms in total. The molecule has 0 aliphatic carbocycles. The number of amides is 1. The Kier molecular flexibility index (Phi) is 6.08. The molecule has 1 aromatic heterocycles. The maximum absolute atomic E-state index is 12.8. The molecule has 0 bridgehead atoms. The number of nitrogens with one attached hydrogen (secondary N) is 2. The first-order valence-corrected chi connectivity index (χ1v) is 8.59. The number of benzene rings is 1. The van der Waals surface area contributed by atoms with E-state index >= 15 is 0 Å². The fourth-order valence-electron chi connectivity index (χ4n) is 3.23. The lowest BCUT2D eigenvalue weighted by atomic mass is 10.0. The van der Waals surface area contributed by atoms with E-state index in [1.807, 2.05) is 19.9 Å². The van der Waals surface area contributed by atoms with Crippen molar-refractivity contribution in [1.82, 2.24) is 10.3 Å². The maximum atomic E-state index is 12.8. The number of aryl methyl sites for hydroxylation is 1. The highest BCUT2D eigenvalue weighted by Crippen LogP contribution is 2.30. The van der Waals surface area contributed by atoms with E-state index in [1.54, 1.807) is 33.3 Å². The number of carbonyl (C=O) groups excluding carboxylic acids is 2. The normalized spacial score (nSPS) is 11.8. The summed E-state index contributed by atoms with van der Waals surface area (Å²) in [5.41, 5.74) is 3.31. The molecule has 26 heavy (non-hydrogen) atoms. The van der Waals surface area contributed by atoms with Gasteiger partial charge in [-0.05, 0) is 51.0 Å². The third kappa shape index (κ3) is 3.74. The average molecular weight is 358 g/mol. The van der Waals surface area contributed by atoms with Crippen molar-refractivity contribution in [3.63, 3.8) is 0 Å². The summed E-state index contributed by atoms with van der Waals surface area (Å²) in [7, 11) is 3.18. The highest BCUT2D eigenvalue weighted by atomic mass is 16.5. The molecule has 2 rings (SSSR count). The Balaban J connectivity index is 2.33. The lowest BCUT2D eigenvalue weighted by Crippen LogP contribution is -2.28. The molecule has 2 N–H and O–H groups in total. The molecular weight excluding hydrogens is 332 g/mol. The quantitative estimate of drug-likeness (QED) is 0.741. The van der Waals surface area contributed by atoms with Crippen LogP contribution >= 0.6 is 0 Å². The number of aromatic amines is 1. The molecule has 1 atom stereocenters. The van der Waals surface area contributed by atoms with Crippen molar-refractivity contribution >= 4 is 11.7 Å². The van der Waals surface area contributed by atoms with Crippen LogP contribution in [0.4, 0.5) is 0 Å². The zero-order valence-electron chi connectivity index (χ0n) is 16.1. The Hall–Kier alpha value is -2.76. The van der Waals surface area contributed by atoms with Crippen LogP contribution in [0.3, 0.4) is 0 Å². The van der Waals surface area contributed by atoms with Crippen LogP contribution in [0.25, 0.3) is 0 Å². The smallest absolute Gasteiger partial charge is 0.268 e. The van der Waals surface area contributed by atoms with Gasteiger partial charge in [-0.25, -0.2) is 0 Å². The largest absolute Gasteiger partial charge is 0.497 e. The van der Waals surface area contributed by atoms with Crippen molar-refractivity contribution in [2.75, 3.05) is 14.2 Å². The Labute approximate surface area is 153 Å². The van der Waals surface area contributed by atoms with Gasteiger partial charge in [0.2, 0.25) is 0 Å². The summed E-state index contributed by atoms with van der Waals surface area (Å²) in [6, 6.07) is 5.15. The monoisotopic (exact) mass is 358 g/mol. The van der Waals surface area contributed by atoms with Crippen LogP contribution in [0.2, 0.25) is 0 Å². The lowest BCUT2D eigenvalue weighted by molar-refractivity contribution is 0.0933. The number of ketones is 1. The molecule has 140 valence electrons. The minimum absolute atomic E-state index is 0.0443. The molecular formula is C20H26N2O4. The lowest BCUT2D eigenvalue weighted by Gasteiger charge is -2.18. The molecule has 0 aliphatic heterocycles. The van der Waals surface area contributed by atoms with E-state index in [2.05, 4.69) is 10.3 Å². The Morgan fingerprint density at radius 3 is 2.46 bits per heavy atom. The van der Waals surface area contributed by atoms with Crippen molar-refractivity contribution in [3.05, 3.63) is 46.3 Å². The predicted octanol–water partition coefficient (Wildman–Crippen LogP) is 3.60.